The van der Waals surface area contributed by atoms with Crippen molar-refractivity contribution in [2.75, 3.05) is 7.11 Å². The molecule has 0 aliphatic rings. The lowest BCUT2D eigenvalue weighted by molar-refractivity contribution is 0.0318. The fourth-order valence-electron chi connectivity index (χ4n) is 2.47. The van der Waals surface area contributed by atoms with Gasteiger partial charge in [-0.15, -0.1) is 0 Å². The van der Waals surface area contributed by atoms with Crippen LogP contribution < -0.4 is 0 Å². The number of rotatable bonds is 3. The fourth-order valence-corrected chi connectivity index (χ4v) is 2.61. The van der Waals surface area contributed by atoms with E-state index in [4.69, 9.17) is 16.3 Å². The molecule has 136 valence electrons. The van der Waals surface area contributed by atoms with Crippen molar-refractivity contribution in [2.24, 2.45) is 0 Å². The van der Waals surface area contributed by atoms with Gasteiger partial charge in [-0.05, 0) is 13.0 Å². The maximum Gasteiger partial charge on any atom is 0.208 e. The predicted molar refractivity (Wildman–Crippen MR) is 84.7 cm³/mol. The molecule has 8 N–H and O–H groups in total. The largest absolute Gasteiger partial charge is 0.506 e. The van der Waals surface area contributed by atoms with E-state index in [0.717, 1.165) is 13.2 Å². The van der Waals surface area contributed by atoms with Crippen molar-refractivity contribution < 1.29 is 45.6 Å². The summed E-state index contributed by atoms with van der Waals surface area (Å²) in [6, 6.07) is 0.890. The molecule has 0 unspecified atom stereocenters. The Labute approximate surface area is 145 Å². The lowest BCUT2D eigenvalue weighted by atomic mass is 9.85. The van der Waals surface area contributed by atoms with Gasteiger partial charge in [0.25, 0.3) is 0 Å². The minimum absolute atomic E-state index is 0.371. The van der Waals surface area contributed by atoms with Crippen LogP contribution in [0.1, 0.15) is 18.1 Å². The molecule has 0 bridgehead atoms. The maximum absolute atomic E-state index is 10.1. The van der Waals surface area contributed by atoms with Crippen LogP contribution in [0, 0.1) is 0 Å². The number of benzene rings is 2. The molecular weight excluding hydrogens is 360 g/mol. The van der Waals surface area contributed by atoms with Crippen molar-refractivity contribution in [3.8, 4) is 46.0 Å². The predicted octanol–water partition coefficient (Wildman–Crippen LogP) is 1.89. The average molecular weight is 375 g/mol. The van der Waals surface area contributed by atoms with Crippen LogP contribution in [0.5, 0.6) is 46.0 Å². The van der Waals surface area contributed by atoms with Crippen LogP contribution in [0.3, 0.4) is 0 Å². The molecule has 25 heavy (non-hydrogen) atoms. The monoisotopic (exact) mass is 374 g/mol. The summed E-state index contributed by atoms with van der Waals surface area (Å²) < 4.78 is 5.20. The second-order valence-electron chi connectivity index (χ2n) is 5.31. The number of ether oxygens (including phenoxy) is 1. The van der Waals surface area contributed by atoms with Crippen LogP contribution in [0.4, 0.5) is 0 Å². The van der Waals surface area contributed by atoms with Crippen LogP contribution in [0.25, 0.3) is 0 Å². The van der Waals surface area contributed by atoms with Crippen molar-refractivity contribution in [3.63, 3.8) is 0 Å². The summed E-state index contributed by atoms with van der Waals surface area (Å²) in [5, 5.41) is 78.3. The van der Waals surface area contributed by atoms with E-state index in [0.29, 0.717) is 0 Å². The maximum atomic E-state index is 10.1. The summed E-state index contributed by atoms with van der Waals surface area (Å²) in [6.07, 6.45) is 0. The van der Waals surface area contributed by atoms with Gasteiger partial charge in [-0.1, -0.05) is 11.6 Å². The molecule has 0 amide bonds. The van der Waals surface area contributed by atoms with Gasteiger partial charge in [-0.25, -0.2) is 0 Å². The number of phenolic OH excluding ortho intramolecular Hbond substituents is 8. The van der Waals surface area contributed by atoms with Crippen molar-refractivity contribution >= 4 is 11.6 Å². The van der Waals surface area contributed by atoms with E-state index in [-0.39, 0.29) is 5.56 Å². The van der Waals surface area contributed by atoms with Gasteiger partial charge in [0.1, 0.15) is 16.4 Å². The van der Waals surface area contributed by atoms with Gasteiger partial charge in [0.2, 0.25) is 17.2 Å². The minimum atomic E-state index is -2.01. The molecule has 1 atom stereocenters. The molecule has 2 aromatic rings. The highest BCUT2D eigenvalue weighted by Gasteiger charge is 2.41. The van der Waals surface area contributed by atoms with Crippen LogP contribution >= 0.6 is 11.6 Å². The van der Waals surface area contributed by atoms with Gasteiger partial charge in [0.05, 0.1) is 5.56 Å². The molecule has 2 rings (SSSR count). The van der Waals surface area contributed by atoms with Gasteiger partial charge >= 0.3 is 0 Å². The highest BCUT2D eigenvalue weighted by atomic mass is 35.5. The van der Waals surface area contributed by atoms with Crippen LogP contribution in [-0.2, 0) is 10.3 Å². The van der Waals surface area contributed by atoms with E-state index in [1.54, 1.807) is 0 Å². The van der Waals surface area contributed by atoms with Crippen LogP contribution in [-0.4, -0.2) is 48.0 Å². The first-order valence-corrected chi connectivity index (χ1v) is 7.05. The summed E-state index contributed by atoms with van der Waals surface area (Å²) in [4.78, 5) is 0. The molecule has 0 heterocycles. The van der Waals surface area contributed by atoms with E-state index in [9.17, 15) is 40.9 Å². The molecule has 10 heteroatoms. The number of hydrogen-bond donors (Lipinski definition) is 8. The summed E-state index contributed by atoms with van der Waals surface area (Å²) in [5.74, 6) is -8.02. The molecule has 0 aliphatic carbocycles. The van der Waals surface area contributed by atoms with Crippen molar-refractivity contribution in [3.05, 3.63) is 22.2 Å². The number of aromatic hydroxyl groups is 8. The van der Waals surface area contributed by atoms with Gasteiger partial charge in [-0.3, -0.25) is 0 Å². The quantitative estimate of drug-likeness (QED) is 0.295. The average Bonchev–Trinajstić information content (AvgIpc) is 2.59. The molecule has 0 aliphatic heterocycles. The number of hydrogen-bond acceptors (Lipinski definition) is 9. The summed E-state index contributed by atoms with van der Waals surface area (Å²) in [6.45, 7) is 1.18. The molecule has 0 saturated heterocycles. The summed E-state index contributed by atoms with van der Waals surface area (Å²) in [7, 11) is 1.09. The SMILES string of the molecule is CO[C@@](C)(c1cc(O)c(Cl)c(O)c1O)c1c(O)c(O)c(O)c(O)c1O. The summed E-state index contributed by atoms with van der Waals surface area (Å²) >= 11 is 5.62. The minimum Gasteiger partial charge on any atom is -0.506 e. The lowest BCUT2D eigenvalue weighted by Gasteiger charge is -2.32. The highest BCUT2D eigenvalue weighted by Crippen LogP contribution is 2.58. The van der Waals surface area contributed by atoms with E-state index in [2.05, 4.69) is 0 Å². The molecule has 9 nitrogen and oxygen atoms in total. The first-order chi connectivity index (χ1) is 11.5. The third-order valence-corrected chi connectivity index (χ3v) is 4.34. The Morgan fingerprint density at radius 2 is 1.20 bits per heavy atom. The van der Waals surface area contributed by atoms with E-state index >= 15 is 0 Å². The van der Waals surface area contributed by atoms with E-state index < -0.39 is 62.2 Å². The Morgan fingerprint density at radius 3 is 1.64 bits per heavy atom. The Balaban J connectivity index is 2.94. The van der Waals surface area contributed by atoms with E-state index in [1.807, 2.05) is 0 Å². The van der Waals surface area contributed by atoms with E-state index in [1.165, 1.54) is 6.92 Å². The molecule has 0 spiro atoms. The molecule has 0 aromatic heterocycles. The third-order valence-electron chi connectivity index (χ3n) is 3.96. The van der Waals surface area contributed by atoms with Gasteiger partial charge in [0.15, 0.2) is 23.0 Å². The molecule has 0 radical (unpaired) electrons. The zero-order chi connectivity index (χ0) is 19.3. The van der Waals surface area contributed by atoms with Gasteiger partial charge in [0, 0.05) is 12.7 Å². The Hall–Kier alpha value is -2.91. The zero-order valence-corrected chi connectivity index (χ0v) is 13.7. The normalized spacial score (nSPS) is 13.6. The summed E-state index contributed by atoms with van der Waals surface area (Å²) in [5.41, 5.74) is -3.04. The second-order valence-corrected chi connectivity index (χ2v) is 5.69. The second kappa shape index (κ2) is 5.87. The third kappa shape index (κ3) is 2.44. The molecule has 0 fully saturated rings. The van der Waals surface area contributed by atoms with Gasteiger partial charge < -0.3 is 45.6 Å². The number of halogens is 1. The first-order valence-electron chi connectivity index (χ1n) is 6.67. The smallest absolute Gasteiger partial charge is 0.208 e. The van der Waals surface area contributed by atoms with Crippen molar-refractivity contribution in [1.82, 2.24) is 0 Å². The molecule has 0 saturated carbocycles. The number of methoxy groups -OCH3 is 1. The first kappa shape index (κ1) is 18.4. The number of phenols is 8. The fraction of sp³-hybridized carbons (Fsp3) is 0.200. The lowest BCUT2D eigenvalue weighted by Crippen LogP contribution is -2.26. The molecule has 2 aromatic carbocycles. The van der Waals surface area contributed by atoms with Crippen LogP contribution in [0.15, 0.2) is 6.07 Å². The van der Waals surface area contributed by atoms with Crippen molar-refractivity contribution in [2.45, 2.75) is 12.5 Å². The standard InChI is InChI=1S/C15H15ClO9/c1-15(25-2,4-3-5(17)7(16)11(21)8(4)18)6-9(19)12(22)14(24)13(23)10(6)20/h3,17-24H,1-2H3/t15-/m0/s1. The van der Waals surface area contributed by atoms with Gasteiger partial charge in [-0.2, -0.15) is 0 Å². The van der Waals surface area contributed by atoms with Crippen molar-refractivity contribution in [1.29, 1.82) is 0 Å². The Morgan fingerprint density at radius 1 is 0.760 bits per heavy atom. The van der Waals surface area contributed by atoms with Crippen LogP contribution in [0.2, 0.25) is 5.02 Å². The highest BCUT2D eigenvalue weighted by molar-refractivity contribution is 6.33. The topological polar surface area (TPSA) is 171 Å². The Bertz CT molecular complexity index is 836. The zero-order valence-electron chi connectivity index (χ0n) is 12.9. The molecular formula is C15H15ClO9. The Kier molecular flexibility index (Phi) is 4.32.